The molecule has 0 spiro atoms. The van der Waals surface area contributed by atoms with Crippen LogP contribution < -0.4 is 9.47 Å². The Kier molecular flexibility index (Phi) is 6.44. The SMILES string of the molecule is COC(=O)C[C@@H]1c2cc(OC)c(OC)cc2CCN1S(=O)(=O)Cc1ccccc1. The van der Waals surface area contributed by atoms with Gasteiger partial charge in [-0.1, -0.05) is 30.3 Å². The van der Waals surface area contributed by atoms with Gasteiger partial charge in [-0.3, -0.25) is 4.79 Å². The molecule has 0 aliphatic carbocycles. The number of fused-ring (bicyclic) bond motifs is 1. The molecule has 0 saturated heterocycles. The zero-order valence-corrected chi connectivity index (χ0v) is 17.6. The molecule has 8 heteroatoms. The fourth-order valence-corrected chi connectivity index (χ4v) is 5.38. The minimum Gasteiger partial charge on any atom is -0.493 e. The van der Waals surface area contributed by atoms with Crippen molar-refractivity contribution in [3.63, 3.8) is 0 Å². The molecule has 156 valence electrons. The molecule has 0 saturated carbocycles. The molecule has 1 aliphatic rings. The second-order valence-electron chi connectivity index (χ2n) is 6.80. The number of esters is 1. The number of hydrogen-bond acceptors (Lipinski definition) is 6. The van der Waals surface area contributed by atoms with Gasteiger partial charge >= 0.3 is 5.97 Å². The Morgan fingerprint density at radius 2 is 1.72 bits per heavy atom. The van der Waals surface area contributed by atoms with Gasteiger partial charge in [0.1, 0.15) is 0 Å². The molecule has 3 rings (SSSR count). The Labute approximate surface area is 171 Å². The molecule has 0 unspecified atom stereocenters. The van der Waals surface area contributed by atoms with Gasteiger partial charge in [-0.15, -0.1) is 0 Å². The summed E-state index contributed by atoms with van der Waals surface area (Å²) >= 11 is 0. The van der Waals surface area contributed by atoms with Crippen LogP contribution in [-0.4, -0.2) is 46.6 Å². The quantitative estimate of drug-likeness (QED) is 0.642. The summed E-state index contributed by atoms with van der Waals surface area (Å²) in [5.74, 6) is 0.457. The van der Waals surface area contributed by atoms with Gasteiger partial charge in [-0.2, -0.15) is 4.31 Å². The van der Waals surface area contributed by atoms with Crippen LogP contribution in [0.4, 0.5) is 0 Å². The lowest BCUT2D eigenvalue weighted by atomic mass is 9.91. The summed E-state index contributed by atoms with van der Waals surface area (Å²) in [6.45, 7) is 0.277. The predicted octanol–water partition coefficient (Wildman–Crippen LogP) is 2.70. The third-order valence-electron chi connectivity index (χ3n) is 5.09. The zero-order valence-electron chi connectivity index (χ0n) is 16.8. The predicted molar refractivity (Wildman–Crippen MR) is 108 cm³/mol. The Morgan fingerprint density at radius 3 is 2.34 bits per heavy atom. The summed E-state index contributed by atoms with van der Waals surface area (Å²) in [5.41, 5.74) is 2.36. The van der Waals surface area contributed by atoms with Crippen LogP contribution in [0.3, 0.4) is 0 Å². The Morgan fingerprint density at radius 1 is 1.07 bits per heavy atom. The summed E-state index contributed by atoms with van der Waals surface area (Å²) in [4.78, 5) is 12.1. The van der Waals surface area contributed by atoms with Crippen LogP contribution in [0.2, 0.25) is 0 Å². The fraction of sp³-hybridized carbons (Fsp3) is 0.381. The van der Waals surface area contributed by atoms with E-state index < -0.39 is 22.0 Å². The van der Waals surface area contributed by atoms with E-state index >= 15 is 0 Å². The van der Waals surface area contributed by atoms with Crippen molar-refractivity contribution in [2.45, 2.75) is 24.6 Å². The van der Waals surface area contributed by atoms with Crippen molar-refractivity contribution in [1.82, 2.24) is 4.31 Å². The van der Waals surface area contributed by atoms with Gasteiger partial charge in [0.15, 0.2) is 11.5 Å². The van der Waals surface area contributed by atoms with E-state index in [0.717, 1.165) is 11.1 Å². The van der Waals surface area contributed by atoms with E-state index in [4.69, 9.17) is 14.2 Å². The van der Waals surface area contributed by atoms with Crippen LogP contribution in [0, 0.1) is 0 Å². The second-order valence-corrected chi connectivity index (χ2v) is 8.73. The molecular formula is C21H25NO6S. The number of hydrogen-bond donors (Lipinski definition) is 0. The van der Waals surface area contributed by atoms with E-state index in [0.29, 0.717) is 23.5 Å². The minimum absolute atomic E-state index is 0.0764. The lowest BCUT2D eigenvalue weighted by Gasteiger charge is -2.36. The van der Waals surface area contributed by atoms with Crippen molar-refractivity contribution in [3.8, 4) is 11.5 Å². The molecule has 0 N–H and O–H groups in total. The van der Waals surface area contributed by atoms with E-state index in [1.807, 2.05) is 12.1 Å². The molecular weight excluding hydrogens is 394 g/mol. The molecule has 0 fully saturated rings. The molecule has 1 aliphatic heterocycles. The van der Waals surface area contributed by atoms with Gasteiger partial charge in [0.05, 0.1) is 39.5 Å². The third kappa shape index (κ3) is 4.54. The maximum atomic E-state index is 13.2. The molecule has 0 bridgehead atoms. The van der Waals surface area contributed by atoms with Gasteiger partial charge < -0.3 is 14.2 Å². The topological polar surface area (TPSA) is 82.1 Å². The normalized spacial score (nSPS) is 16.7. The molecule has 7 nitrogen and oxygen atoms in total. The van der Waals surface area contributed by atoms with Crippen molar-refractivity contribution in [3.05, 3.63) is 59.2 Å². The molecule has 0 aromatic heterocycles. The first-order valence-corrected chi connectivity index (χ1v) is 10.9. The Balaban J connectivity index is 2.02. The molecule has 2 aromatic rings. The van der Waals surface area contributed by atoms with Crippen molar-refractivity contribution in [2.75, 3.05) is 27.9 Å². The highest BCUT2D eigenvalue weighted by molar-refractivity contribution is 7.88. The van der Waals surface area contributed by atoms with Crippen molar-refractivity contribution >= 4 is 16.0 Å². The van der Waals surface area contributed by atoms with Gasteiger partial charge in [-0.25, -0.2) is 8.42 Å². The van der Waals surface area contributed by atoms with E-state index in [1.54, 1.807) is 37.4 Å². The lowest BCUT2D eigenvalue weighted by Crippen LogP contribution is -2.41. The Bertz CT molecular complexity index is 974. The first-order chi connectivity index (χ1) is 13.9. The van der Waals surface area contributed by atoms with Crippen LogP contribution in [0.5, 0.6) is 11.5 Å². The fourth-order valence-electron chi connectivity index (χ4n) is 3.66. The molecule has 1 heterocycles. The number of nitrogens with zero attached hydrogens (tertiary/aromatic N) is 1. The first kappa shape index (κ1) is 21.1. The molecule has 2 aromatic carbocycles. The van der Waals surface area contributed by atoms with Gasteiger partial charge in [0.2, 0.25) is 10.0 Å². The molecule has 1 atom stereocenters. The van der Waals surface area contributed by atoms with Crippen LogP contribution in [0.15, 0.2) is 42.5 Å². The minimum atomic E-state index is -3.66. The Hall–Kier alpha value is -2.58. The number of ether oxygens (including phenoxy) is 3. The summed E-state index contributed by atoms with van der Waals surface area (Å²) in [6, 6.07) is 11.9. The van der Waals surface area contributed by atoms with Gasteiger partial charge in [0, 0.05) is 6.54 Å². The largest absolute Gasteiger partial charge is 0.493 e. The lowest BCUT2D eigenvalue weighted by molar-refractivity contribution is -0.141. The average Bonchev–Trinajstić information content (AvgIpc) is 2.72. The maximum Gasteiger partial charge on any atom is 0.307 e. The second kappa shape index (κ2) is 8.84. The monoisotopic (exact) mass is 419 g/mol. The van der Waals surface area contributed by atoms with Gasteiger partial charge in [0.25, 0.3) is 0 Å². The van der Waals surface area contributed by atoms with Crippen molar-refractivity contribution < 1.29 is 27.4 Å². The van der Waals surface area contributed by atoms with Crippen molar-refractivity contribution in [2.24, 2.45) is 0 Å². The van der Waals surface area contributed by atoms with Crippen LogP contribution in [-0.2, 0) is 31.7 Å². The number of sulfonamides is 1. The number of rotatable bonds is 7. The highest BCUT2D eigenvalue weighted by Crippen LogP contribution is 2.41. The van der Waals surface area contributed by atoms with Gasteiger partial charge in [-0.05, 0) is 35.2 Å². The number of benzene rings is 2. The first-order valence-electron chi connectivity index (χ1n) is 9.24. The van der Waals surface area contributed by atoms with E-state index in [9.17, 15) is 13.2 Å². The summed E-state index contributed by atoms with van der Waals surface area (Å²) < 4.78 is 43.5. The highest BCUT2D eigenvalue weighted by Gasteiger charge is 2.37. The summed E-state index contributed by atoms with van der Waals surface area (Å²) in [6.07, 6.45) is 0.439. The smallest absolute Gasteiger partial charge is 0.307 e. The van der Waals surface area contributed by atoms with Crippen LogP contribution >= 0.6 is 0 Å². The standard InChI is InChI=1S/C21H25NO6S/c1-26-19-11-16-9-10-22(29(24,25)14-15-7-5-4-6-8-15)18(13-21(23)28-3)17(16)12-20(19)27-2/h4-8,11-12,18H,9-10,13-14H2,1-3H3/t18-/m1/s1. The molecule has 0 radical (unpaired) electrons. The molecule has 0 amide bonds. The third-order valence-corrected chi connectivity index (χ3v) is 6.94. The van der Waals surface area contributed by atoms with E-state index in [2.05, 4.69) is 0 Å². The van der Waals surface area contributed by atoms with Crippen molar-refractivity contribution in [1.29, 1.82) is 0 Å². The zero-order chi connectivity index (χ0) is 21.0. The van der Waals surface area contributed by atoms with Crippen LogP contribution in [0.25, 0.3) is 0 Å². The number of carbonyl (C=O) groups is 1. The number of methoxy groups -OCH3 is 3. The maximum absolute atomic E-state index is 13.2. The van der Waals surface area contributed by atoms with E-state index in [1.165, 1.54) is 18.5 Å². The van der Waals surface area contributed by atoms with E-state index in [-0.39, 0.29) is 18.7 Å². The average molecular weight is 419 g/mol. The molecule has 29 heavy (non-hydrogen) atoms. The summed E-state index contributed by atoms with van der Waals surface area (Å²) in [5, 5.41) is 0. The van der Waals surface area contributed by atoms with Crippen LogP contribution in [0.1, 0.15) is 29.2 Å². The number of carbonyl (C=O) groups excluding carboxylic acids is 1. The highest BCUT2D eigenvalue weighted by atomic mass is 32.2. The summed E-state index contributed by atoms with van der Waals surface area (Å²) in [7, 11) is 0.703.